The van der Waals surface area contributed by atoms with Gasteiger partial charge in [-0.3, -0.25) is 4.79 Å². The summed E-state index contributed by atoms with van der Waals surface area (Å²) < 4.78 is 17.7. The molecule has 0 amide bonds. The number of pyridine rings is 1. The van der Waals surface area contributed by atoms with Crippen molar-refractivity contribution in [3.63, 3.8) is 0 Å². The zero-order chi connectivity index (χ0) is 15.9. The average molecular weight is 303 g/mol. The van der Waals surface area contributed by atoms with Crippen LogP contribution in [0, 0.1) is 5.82 Å². The van der Waals surface area contributed by atoms with E-state index in [-0.39, 0.29) is 24.0 Å². The van der Waals surface area contributed by atoms with Gasteiger partial charge in [-0.2, -0.15) is 0 Å². The molecule has 116 valence electrons. The van der Waals surface area contributed by atoms with Gasteiger partial charge in [-0.1, -0.05) is 18.2 Å². The van der Waals surface area contributed by atoms with Crippen LogP contribution in [0.3, 0.4) is 0 Å². The number of rotatable bonds is 6. The molecule has 0 unspecified atom stereocenters. The summed E-state index contributed by atoms with van der Waals surface area (Å²) in [6, 6.07) is 9.69. The molecule has 5 nitrogen and oxygen atoms in total. The molecule has 2 rings (SSSR count). The lowest BCUT2D eigenvalue weighted by atomic mass is 10.2. The molecule has 3 N–H and O–H groups in total. The Kier molecular flexibility index (Phi) is 5.30. The number of carbonyl (C=O) groups is 1. The maximum absolute atomic E-state index is 12.8. The molecule has 6 heteroatoms. The van der Waals surface area contributed by atoms with Crippen LogP contribution in [0.4, 0.5) is 16.0 Å². The van der Waals surface area contributed by atoms with Crippen LogP contribution < -0.4 is 11.1 Å². The molecule has 0 radical (unpaired) electrons. The minimum Gasteiger partial charge on any atom is -0.466 e. The molecule has 0 aliphatic rings. The number of esters is 1. The first kappa shape index (κ1) is 15.8. The largest absolute Gasteiger partial charge is 0.466 e. The van der Waals surface area contributed by atoms with Gasteiger partial charge in [0.1, 0.15) is 17.5 Å². The topological polar surface area (TPSA) is 77.2 Å². The molecule has 0 fully saturated rings. The summed E-state index contributed by atoms with van der Waals surface area (Å²) in [7, 11) is 0. The zero-order valence-corrected chi connectivity index (χ0v) is 12.3. The average Bonchev–Trinajstić information content (AvgIpc) is 2.49. The number of nitrogens with one attached hydrogen (secondary N) is 1. The molecule has 0 saturated carbocycles. The number of carbonyl (C=O) groups excluding carboxylic acids is 1. The molecule has 2 aromatic rings. The number of aromatic nitrogens is 1. The SMILES string of the molecule is CCOC(=O)Cc1ccc(NCc2ccc(F)cc2)nc1N. The second-order valence-electron chi connectivity index (χ2n) is 4.70. The van der Waals surface area contributed by atoms with Crippen LogP contribution in [-0.2, 0) is 22.5 Å². The van der Waals surface area contributed by atoms with E-state index in [1.807, 2.05) is 0 Å². The van der Waals surface area contributed by atoms with Gasteiger partial charge in [0.05, 0.1) is 13.0 Å². The normalized spacial score (nSPS) is 10.3. The van der Waals surface area contributed by atoms with Gasteiger partial charge in [0.25, 0.3) is 0 Å². The van der Waals surface area contributed by atoms with Crippen LogP contribution in [0.25, 0.3) is 0 Å². The summed E-state index contributed by atoms with van der Waals surface area (Å²) in [4.78, 5) is 15.6. The van der Waals surface area contributed by atoms with Crippen molar-refractivity contribution in [1.82, 2.24) is 4.98 Å². The van der Waals surface area contributed by atoms with Crippen LogP contribution >= 0.6 is 0 Å². The van der Waals surface area contributed by atoms with E-state index in [1.165, 1.54) is 12.1 Å². The van der Waals surface area contributed by atoms with E-state index in [0.717, 1.165) is 5.56 Å². The second-order valence-corrected chi connectivity index (χ2v) is 4.70. The van der Waals surface area contributed by atoms with Crippen molar-refractivity contribution in [2.75, 3.05) is 17.7 Å². The number of ether oxygens (including phenoxy) is 1. The highest BCUT2D eigenvalue weighted by Gasteiger charge is 2.09. The molecular formula is C16H18FN3O2. The minimum atomic E-state index is -0.331. The highest BCUT2D eigenvalue weighted by molar-refractivity contribution is 5.74. The van der Waals surface area contributed by atoms with Gasteiger partial charge in [-0.15, -0.1) is 0 Å². The molecule has 0 aliphatic heterocycles. The van der Waals surface area contributed by atoms with Crippen LogP contribution in [0.1, 0.15) is 18.1 Å². The Labute approximate surface area is 128 Å². The Morgan fingerprint density at radius 2 is 2.00 bits per heavy atom. The predicted octanol–water partition coefficient (Wildman–Crippen LogP) is 2.52. The molecular weight excluding hydrogens is 285 g/mol. The highest BCUT2D eigenvalue weighted by Crippen LogP contribution is 2.15. The number of nitrogen functional groups attached to an aromatic ring is 1. The number of anilines is 2. The Balaban J connectivity index is 1.97. The second kappa shape index (κ2) is 7.40. The summed E-state index contributed by atoms with van der Waals surface area (Å²) >= 11 is 0. The molecule has 1 heterocycles. The van der Waals surface area contributed by atoms with E-state index in [4.69, 9.17) is 10.5 Å². The van der Waals surface area contributed by atoms with Gasteiger partial charge in [-0.25, -0.2) is 9.37 Å². The van der Waals surface area contributed by atoms with Crippen molar-refractivity contribution in [2.45, 2.75) is 19.9 Å². The summed E-state index contributed by atoms with van der Waals surface area (Å²) in [6.07, 6.45) is 0.102. The predicted molar refractivity (Wildman–Crippen MR) is 82.7 cm³/mol. The van der Waals surface area contributed by atoms with Crippen LogP contribution in [0.5, 0.6) is 0 Å². The molecule has 0 aliphatic carbocycles. The van der Waals surface area contributed by atoms with Crippen LogP contribution in [-0.4, -0.2) is 17.6 Å². The standard InChI is InChI=1S/C16H18FN3O2/c1-2-22-15(21)9-12-5-8-14(20-16(12)18)19-10-11-3-6-13(17)7-4-11/h3-8H,2,9-10H2,1H3,(H3,18,19,20). The van der Waals surface area contributed by atoms with Crippen molar-refractivity contribution >= 4 is 17.6 Å². The van der Waals surface area contributed by atoms with Crippen LogP contribution in [0.15, 0.2) is 36.4 Å². The number of hydrogen-bond acceptors (Lipinski definition) is 5. The number of hydrogen-bond donors (Lipinski definition) is 2. The first-order chi connectivity index (χ1) is 10.6. The molecule has 0 saturated heterocycles. The Morgan fingerprint density at radius 1 is 1.27 bits per heavy atom. The smallest absolute Gasteiger partial charge is 0.310 e. The van der Waals surface area contributed by atoms with E-state index in [1.54, 1.807) is 31.2 Å². The van der Waals surface area contributed by atoms with Gasteiger partial charge in [-0.05, 0) is 30.7 Å². The van der Waals surface area contributed by atoms with Gasteiger partial charge >= 0.3 is 5.97 Å². The lowest BCUT2D eigenvalue weighted by Gasteiger charge is -2.09. The Morgan fingerprint density at radius 3 is 2.64 bits per heavy atom. The molecule has 0 atom stereocenters. The van der Waals surface area contributed by atoms with E-state index in [0.29, 0.717) is 24.5 Å². The van der Waals surface area contributed by atoms with Crippen molar-refractivity contribution in [3.8, 4) is 0 Å². The van der Waals surface area contributed by atoms with Gasteiger partial charge < -0.3 is 15.8 Å². The third-order valence-corrected chi connectivity index (χ3v) is 3.04. The molecule has 1 aromatic carbocycles. The summed E-state index contributed by atoms with van der Waals surface area (Å²) in [6.45, 7) is 2.59. The number of benzene rings is 1. The van der Waals surface area contributed by atoms with Crippen molar-refractivity contribution in [3.05, 3.63) is 53.3 Å². The first-order valence-electron chi connectivity index (χ1n) is 6.98. The number of nitrogens with two attached hydrogens (primary N) is 1. The van der Waals surface area contributed by atoms with Crippen molar-refractivity contribution < 1.29 is 13.9 Å². The molecule has 22 heavy (non-hydrogen) atoms. The molecule has 0 bridgehead atoms. The minimum absolute atomic E-state index is 0.102. The lowest BCUT2D eigenvalue weighted by Crippen LogP contribution is -2.11. The number of nitrogens with zero attached hydrogens (tertiary/aromatic N) is 1. The van der Waals surface area contributed by atoms with E-state index in [2.05, 4.69) is 10.3 Å². The highest BCUT2D eigenvalue weighted by atomic mass is 19.1. The lowest BCUT2D eigenvalue weighted by molar-refractivity contribution is -0.142. The van der Waals surface area contributed by atoms with E-state index >= 15 is 0 Å². The fourth-order valence-electron chi connectivity index (χ4n) is 1.91. The monoisotopic (exact) mass is 303 g/mol. The Hall–Kier alpha value is -2.63. The molecule has 1 aromatic heterocycles. The third-order valence-electron chi connectivity index (χ3n) is 3.04. The van der Waals surface area contributed by atoms with Crippen molar-refractivity contribution in [2.24, 2.45) is 0 Å². The third kappa shape index (κ3) is 4.44. The van der Waals surface area contributed by atoms with E-state index in [9.17, 15) is 9.18 Å². The fraction of sp³-hybridized carbons (Fsp3) is 0.250. The van der Waals surface area contributed by atoms with Crippen LogP contribution in [0.2, 0.25) is 0 Å². The maximum atomic E-state index is 12.8. The number of halogens is 1. The zero-order valence-electron chi connectivity index (χ0n) is 12.3. The summed E-state index contributed by atoms with van der Waals surface area (Å²) in [5.74, 6) is 0.282. The quantitative estimate of drug-likeness (QED) is 0.802. The van der Waals surface area contributed by atoms with Gasteiger partial charge in [0, 0.05) is 12.1 Å². The molecule has 0 spiro atoms. The fourth-order valence-corrected chi connectivity index (χ4v) is 1.91. The first-order valence-corrected chi connectivity index (χ1v) is 6.98. The Bertz CT molecular complexity index is 644. The maximum Gasteiger partial charge on any atom is 0.310 e. The summed E-state index contributed by atoms with van der Waals surface area (Å²) in [5, 5.41) is 3.10. The van der Waals surface area contributed by atoms with Gasteiger partial charge in [0.15, 0.2) is 0 Å². The summed E-state index contributed by atoms with van der Waals surface area (Å²) in [5.41, 5.74) is 7.40. The van der Waals surface area contributed by atoms with Crippen molar-refractivity contribution in [1.29, 1.82) is 0 Å². The van der Waals surface area contributed by atoms with Gasteiger partial charge in [0.2, 0.25) is 0 Å². The van der Waals surface area contributed by atoms with E-state index < -0.39 is 0 Å².